The van der Waals surface area contributed by atoms with Crippen LogP contribution >= 0.6 is 23.2 Å². The van der Waals surface area contributed by atoms with E-state index in [4.69, 9.17) is 23.2 Å². The summed E-state index contributed by atoms with van der Waals surface area (Å²) in [4.78, 5) is 0. The first-order chi connectivity index (χ1) is 7.70. The highest BCUT2D eigenvalue weighted by Gasteiger charge is 2.21. The largest absolute Gasteiger partial charge is 0.103 e. The molecule has 0 amide bonds. The van der Waals surface area contributed by atoms with Gasteiger partial charge in [0, 0.05) is 0 Å². The molecule has 1 aliphatic rings. The van der Waals surface area contributed by atoms with Gasteiger partial charge in [0.2, 0.25) is 0 Å². The molecule has 0 radical (unpaired) electrons. The molecule has 0 N–H and O–H groups in total. The van der Waals surface area contributed by atoms with Crippen molar-refractivity contribution in [3.63, 3.8) is 0 Å². The minimum Gasteiger partial charge on any atom is -0.103 e. The van der Waals surface area contributed by atoms with E-state index in [1.807, 2.05) is 12.1 Å². The average Bonchev–Trinajstić information content (AvgIpc) is 2.33. The Morgan fingerprint density at radius 2 is 2.00 bits per heavy atom. The van der Waals surface area contributed by atoms with Crippen LogP contribution in [0.25, 0.3) is 0 Å². The molecule has 1 aliphatic carbocycles. The highest BCUT2D eigenvalue weighted by molar-refractivity contribution is 6.42. The van der Waals surface area contributed by atoms with Crippen LogP contribution in [-0.2, 0) is 0 Å². The Hall–Kier alpha value is -0.460. The van der Waals surface area contributed by atoms with Crippen LogP contribution in [0.1, 0.15) is 37.2 Å². The fraction of sp³-hybridized carbons (Fsp3) is 0.429. The summed E-state index contributed by atoms with van der Waals surface area (Å²) in [7, 11) is 0. The van der Waals surface area contributed by atoms with Crippen molar-refractivity contribution in [2.75, 3.05) is 0 Å². The fourth-order valence-corrected chi connectivity index (χ4v) is 2.82. The third-order valence-electron chi connectivity index (χ3n) is 3.46. The second-order valence-corrected chi connectivity index (χ2v) is 5.35. The summed E-state index contributed by atoms with van der Waals surface area (Å²) in [6, 6.07) is 6.01. The number of allylic oxidation sites excluding steroid dienone is 1. The number of halogens is 2. The average molecular weight is 255 g/mol. The fourth-order valence-electron chi connectivity index (χ4n) is 2.51. The van der Waals surface area contributed by atoms with Gasteiger partial charge in [-0.15, -0.1) is 6.58 Å². The molecule has 2 heteroatoms. The molecule has 1 fully saturated rings. The topological polar surface area (TPSA) is 0 Å². The molecule has 0 heterocycles. The Balaban J connectivity index is 2.16. The highest BCUT2D eigenvalue weighted by atomic mass is 35.5. The molecular weight excluding hydrogens is 239 g/mol. The third-order valence-corrected chi connectivity index (χ3v) is 4.20. The molecule has 0 aliphatic heterocycles. The maximum Gasteiger partial charge on any atom is 0.0595 e. The highest BCUT2D eigenvalue weighted by Crippen LogP contribution is 2.38. The quantitative estimate of drug-likeness (QED) is 0.616. The summed E-state index contributed by atoms with van der Waals surface area (Å²) in [5.41, 5.74) is 1.32. The van der Waals surface area contributed by atoms with Crippen molar-refractivity contribution in [3.8, 4) is 0 Å². The normalized spacial score (nSPS) is 25.4. The zero-order valence-electron chi connectivity index (χ0n) is 9.26. The second kappa shape index (κ2) is 5.25. The van der Waals surface area contributed by atoms with E-state index in [1.54, 1.807) is 0 Å². The predicted molar refractivity (Wildman–Crippen MR) is 71.4 cm³/mol. The van der Waals surface area contributed by atoms with E-state index >= 15 is 0 Å². The van der Waals surface area contributed by atoms with Crippen molar-refractivity contribution in [2.24, 2.45) is 5.92 Å². The Bertz CT molecular complexity index is 384. The summed E-state index contributed by atoms with van der Waals surface area (Å²) in [5.74, 6) is 1.28. The molecule has 1 saturated carbocycles. The van der Waals surface area contributed by atoms with E-state index in [0.717, 1.165) is 0 Å². The van der Waals surface area contributed by atoms with Gasteiger partial charge in [-0.2, -0.15) is 0 Å². The van der Waals surface area contributed by atoms with Crippen LogP contribution in [0.5, 0.6) is 0 Å². The first kappa shape index (κ1) is 12.0. The van der Waals surface area contributed by atoms with Crippen LogP contribution in [0.15, 0.2) is 30.9 Å². The SMILES string of the molecule is C=CC1CCCC(c2ccc(Cl)c(Cl)c2)C1. The van der Waals surface area contributed by atoms with Gasteiger partial charge in [0.05, 0.1) is 10.0 Å². The molecule has 1 aromatic carbocycles. The third kappa shape index (κ3) is 2.61. The molecular formula is C14H16Cl2. The molecule has 0 nitrogen and oxygen atoms in total. The van der Waals surface area contributed by atoms with Crippen molar-refractivity contribution >= 4 is 23.2 Å². The van der Waals surface area contributed by atoms with Gasteiger partial charge in [-0.25, -0.2) is 0 Å². The van der Waals surface area contributed by atoms with Gasteiger partial charge in [0.25, 0.3) is 0 Å². The molecule has 1 aromatic rings. The molecule has 0 aromatic heterocycles. The Morgan fingerprint density at radius 3 is 2.69 bits per heavy atom. The van der Waals surface area contributed by atoms with Crippen molar-refractivity contribution in [2.45, 2.75) is 31.6 Å². The lowest BCUT2D eigenvalue weighted by molar-refractivity contribution is 0.373. The number of hydrogen-bond donors (Lipinski definition) is 0. The maximum atomic E-state index is 6.05. The van der Waals surface area contributed by atoms with Gasteiger partial charge >= 0.3 is 0 Å². The first-order valence-corrected chi connectivity index (χ1v) is 6.54. The molecule has 2 atom stereocenters. The molecule has 86 valence electrons. The van der Waals surface area contributed by atoms with Crippen LogP contribution in [0, 0.1) is 5.92 Å². The summed E-state index contributed by atoms with van der Waals surface area (Å²) in [6.07, 6.45) is 7.09. The summed E-state index contributed by atoms with van der Waals surface area (Å²) >= 11 is 12.0. The first-order valence-electron chi connectivity index (χ1n) is 5.78. The van der Waals surface area contributed by atoms with Crippen LogP contribution < -0.4 is 0 Å². The van der Waals surface area contributed by atoms with Crippen LogP contribution in [0.3, 0.4) is 0 Å². The van der Waals surface area contributed by atoms with E-state index in [2.05, 4.69) is 18.7 Å². The number of rotatable bonds is 2. The number of hydrogen-bond acceptors (Lipinski definition) is 0. The van der Waals surface area contributed by atoms with Crippen LogP contribution in [-0.4, -0.2) is 0 Å². The Labute approximate surface area is 107 Å². The Kier molecular flexibility index (Phi) is 3.94. The van der Waals surface area contributed by atoms with E-state index in [9.17, 15) is 0 Å². The standard InChI is InChI=1S/C14H16Cl2/c1-2-10-4-3-5-11(8-10)12-6-7-13(15)14(16)9-12/h2,6-7,9-11H,1,3-5,8H2. The maximum absolute atomic E-state index is 6.05. The van der Waals surface area contributed by atoms with Gasteiger partial charge in [0.15, 0.2) is 0 Å². The van der Waals surface area contributed by atoms with Gasteiger partial charge in [-0.3, -0.25) is 0 Å². The zero-order chi connectivity index (χ0) is 11.5. The Morgan fingerprint density at radius 1 is 1.19 bits per heavy atom. The van der Waals surface area contributed by atoms with Gasteiger partial charge in [0.1, 0.15) is 0 Å². The van der Waals surface area contributed by atoms with Crippen molar-refractivity contribution in [1.82, 2.24) is 0 Å². The monoisotopic (exact) mass is 254 g/mol. The predicted octanol–water partition coefficient (Wildman–Crippen LogP) is 5.45. The van der Waals surface area contributed by atoms with Crippen molar-refractivity contribution in [1.29, 1.82) is 0 Å². The molecule has 0 bridgehead atoms. The minimum atomic E-state index is 0.617. The van der Waals surface area contributed by atoms with Crippen molar-refractivity contribution < 1.29 is 0 Å². The van der Waals surface area contributed by atoms with Gasteiger partial charge in [-0.1, -0.05) is 41.8 Å². The molecule has 2 rings (SSSR count). The van der Waals surface area contributed by atoms with Crippen LogP contribution in [0.4, 0.5) is 0 Å². The zero-order valence-corrected chi connectivity index (χ0v) is 10.8. The van der Waals surface area contributed by atoms with E-state index in [-0.39, 0.29) is 0 Å². The second-order valence-electron chi connectivity index (χ2n) is 4.53. The number of benzene rings is 1. The van der Waals surface area contributed by atoms with Crippen molar-refractivity contribution in [3.05, 3.63) is 46.5 Å². The van der Waals surface area contributed by atoms with E-state index in [0.29, 0.717) is 21.9 Å². The lowest BCUT2D eigenvalue weighted by Gasteiger charge is -2.27. The summed E-state index contributed by atoms with van der Waals surface area (Å²) < 4.78 is 0. The van der Waals surface area contributed by atoms with E-state index in [1.165, 1.54) is 31.2 Å². The summed E-state index contributed by atoms with van der Waals surface area (Å²) in [6.45, 7) is 3.90. The van der Waals surface area contributed by atoms with E-state index < -0.39 is 0 Å². The summed E-state index contributed by atoms with van der Waals surface area (Å²) in [5, 5.41) is 1.31. The van der Waals surface area contributed by atoms with Crippen LogP contribution in [0.2, 0.25) is 10.0 Å². The molecule has 0 spiro atoms. The lowest BCUT2D eigenvalue weighted by Crippen LogP contribution is -2.12. The smallest absolute Gasteiger partial charge is 0.0595 e. The molecule has 0 saturated heterocycles. The molecule has 16 heavy (non-hydrogen) atoms. The van der Waals surface area contributed by atoms with Gasteiger partial charge < -0.3 is 0 Å². The minimum absolute atomic E-state index is 0.617. The van der Waals surface area contributed by atoms with Gasteiger partial charge in [-0.05, 0) is 48.8 Å². The molecule has 2 unspecified atom stereocenters. The lowest BCUT2D eigenvalue weighted by atomic mass is 9.78.